The molecule has 0 unspecified atom stereocenters. The van der Waals surface area contributed by atoms with Gasteiger partial charge < -0.3 is 9.88 Å². The highest BCUT2D eigenvalue weighted by atomic mass is 32.2. The first-order valence-electron chi connectivity index (χ1n) is 10.3. The van der Waals surface area contributed by atoms with Crippen molar-refractivity contribution < 1.29 is 4.79 Å². The van der Waals surface area contributed by atoms with Crippen molar-refractivity contribution in [1.29, 1.82) is 0 Å². The maximum Gasteiger partial charge on any atom is 0.230 e. The van der Waals surface area contributed by atoms with E-state index in [1.54, 1.807) is 0 Å². The summed E-state index contributed by atoms with van der Waals surface area (Å²) < 4.78 is 1.93. The fourth-order valence-corrected chi connectivity index (χ4v) is 4.07. The van der Waals surface area contributed by atoms with Crippen molar-refractivity contribution >= 4 is 17.7 Å². The number of carbonyl (C=O) groups excluding carboxylic acids is 1. The summed E-state index contributed by atoms with van der Waals surface area (Å²) in [6, 6.07) is 18.5. The Balaban J connectivity index is 1.63. The van der Waals surface area contributed by atoms with Crippen LogP contribution in [0.25, 0.3) is 11.4 Å². The Bertz CT molecular complexity index is 965. The minimum atomic E-state index is -0.0151. The van der Waals surface area contributed by atoms with Gasteiger partial charge in [-0.05, 0) is 23.0 Å². The Morgan fingerprint density at radius 1 is 0.967 bits per heavy atom. The van der Waals surface area contributed by atoms with Crippen LogP contribution in [0.4, 0.5) is 0 Å². The summed E-state index contributed by atoms with van der Waals surface area (Å²) in [7, 11) is 1.93. The van der Waals surface area contributed by atoms with E-state index >= 15 is 0 Å². The van der Waals surface area contributed by atoms with E-state index in [0.717, 1.165) is 22.1 Å². The minimum absolute atomic E-state index is 0.00380. The van der Waals surface area contributed by atoms with E-state index in [9.17, 15) is 4.79 Å². The van der Waals surface area contributed by atoms with Crippen LogP contribution in [0.2, 0.25) is 0 Å². The van der Waals surface area contributed by atoms with E-state index < -0.39 is 0 Å². The van der Waals surface area contributed by atoms with E-state index in [4.69, 9.17) is 0 Å². The van der Waals surface area contributed by atoms with Crippen molar-refractivity contribution in [2.24, 2.45) is 13.0 Å². The third-order valence-electron chi connectivity index (χ3n) is 5.14. The SMILES string of the molecule is CC(C)c1ccc([C@@H](NC(=O)CSc2nnc(-c3ccccc3)n2C)C(C)C)cc1. The normalized spacial score (nSPS) is 12.4. The second-order valence-electron chi connectivity index (χ2n) is 8.13. The summed E-state index contributed by atoms with van der Waals surface area (Å²) in [5.74, 6) is 1.88. The molecule has 158 valence electrons. The number of amides is 1. The lowest BCUT2D eigenvalue weighted by Crippen LogP contribution is -2.33. The number of hydrogen-bond acceptors (Lipinski definition) is 4. The van der Waals surface area contributed by atoms with Gasteiger partial charge in [0.1, 0.15) is 0 Å². The van der Waals surface area contributed by atoms with Crippen molar-refractivity contribution in [3.8, 4) is 11.4 Å². The van der Waals surface area contributed by atoms with Crippen LogP contribution in [0.5, 0.6) is 0 Å². The third-order valence-corrected chi connectivity index (χ3v) is 6.16. The van der Waals surface area contributed by atoms with Crippen molar-refractivity contribution in [2.75, 3.05) is 5.75 Å². The molecule has 1 atom stereocenters. The maximum atomic E-state index is 12.7. The van der Waals surface area contributed by atoms with Crippen LogP contribution in [0, 0.1) is 5.92 Å². The monoisotopic (exact) mass is 422 g/mol. The first-order valence-corrected chi connectivity index (χ1v) is 11.3. The standard InChI is InChI=1S/C24H30N4OS/c1-16(2)18-11-13-19(14-12-18)22(17(3)4)25-21(29)15-30-24-27-26-23(28(24)5)20-9-7-6-8-10-20/h6-14,16-17,22H,15H2,1-5H3,(H,25,29)/t22-/m0/s1. The number of nitrogens with zero attached hydrogens (tertiary/aromatic N) is 3. The molecule has 0 aliphatic carbocycles. The smallest absolute Gasteiger partial charge is 0.230 e. The van der Waals surface area contributed by atoms with Gasteiger partial charge in [0.2, 0.25) is 5.91 Å². The van der Waals surface area contributed by atoms with Gasteiger partial charge in [-0.2, -0.15) is 0 Å². The molecule has 3 aromatic rings. The molecular formula is C24H30N4OS. The Labute approximate surface area is 183 Å². The molecule has 0 saturated carbocycles. The number of aromatic nitrogens is 3. The lowest BCUT2D eigenvalue weighted by atomic mass is 9.93. The topological polar surface area (TPSA) is 59.8 Å². The minimum Gasteiger partial charge on any atom is -0.348 e. The molecule has 0 spiro atoms. The van der Waals surface area contributed by atoms with E-state index in [1.165, 1.54) is 17.3 Å². The molecule has 1 heterocycles. The molecule has 3 rings (SSSR count). The number of hydrogen-bond donors (Lipinski definition) is 1. The largest absolute Gasteiger partial charge is 0.348 e. The van der Waals surface area contributed by atoms with Gasteiger partial charge >= 0.3 is 0 Å². The first-order chi connectivity index (χ1) is 14.4. The second-order valence-corrected chi connectivity index (χ2v) is 9.07. The van der Waals surface area contributed by atoms with Gasteiger partial charge in [0.05, 0.1) is 11.8 Å². The molecule has 30 heavy (non-hydrogen) atoms. The Kier molecular flexibility index (Phi) is 7.32. The van der Waals surface area contributed by atoms with E-state index in [1.807, 2.05) is 41.9 Å². The molecule has 0 saturated heterocycles. The predicted octanol–water partition coefficient (Wildman–Crippen LogP) is 5.21. The zero-order chi connectivity index (χ0) is 21.7. The lowest BCUT2D eigenvalue weighted by Gasteiger charge is -2.23. The Hall–Kier alpha value is -2.60. The summed E-state index contributed by atoms with van der Waals surface area (Å²) in [6.07, 6.45) is 0. The van der Waals surface area contributed by atoms with Gasteiger partial charge in [0.15, 0.2) is 11.0 Å². The second kappa shape index (κ2) is 9.94. The Morgan fingerprint density at radius 2 is 1.60 bits per heavy atom. The van der Waals surface area contributed by atoms with Gasteiger partial charge in [-0.1, -0.05) is 94.1 Å². The molecule has 0 bridgehead atoms. The van der Waals surface area contributed by atoms with Gasteiger partial charge in [0.25, 0.3) is 0 Å². The van der Waals surface area contributed by atoms with Crippen LogP contribution < -0.4 is 5.32 Å². The number of thioether (sulfide) groups is 1. The van der Waals surface area contributed by atoms with Crippen molar-refractivity contribution in [3.05, 3.63) is 65.7 Å². The van der Waals surface area contributed by atoms with Crippen LogP contribution in [0.15, 0.2) is 59.8 Å². The van der Waals surface area contributed by atoms with Gasteiger partial charge in [-0.3, -0.25) is 4.79 Å². The number of benzene rings is 2. The molecular weight excluding hydrogens is 392 g/mol. The van der Waals surface area contributed by atoms with Crippen LogP contribution in [0.1, 0.15) is 50.8 Å². The summed E-state index contributed by atoms with van der Waals surface area (Å²) in [4.78, 5) is 12.7. The van der Waals surface area contributed by atoms with Crippen LogP contribution in [0.3, 0.4) is 0 Å². The summed E-state index contributed by atoms with van der Waals surface area (Å²) in [6.45, 7) is 8.62. The number of carbonyl (C=O) groups is 1. The molecule has 1 N–H and O–H groups in total. The van der Waals surface area contributed by atoms with E-state index in [0.29, 0.717) is 17.6 Å². The number of nitrogens with one attached hydrogen (secondary N) is 1. The summed E-state index contributed by atoms with van der Waals surface area (Å²) in [5.41, 5.74) is 3.45. The average molecular weight is 423 g/mol. The van der Waals surface area contributed by atoms with Crippen molar-refractivity contribution in [2.45, 2.75) is 44.8 Å². The summed E-state index contributed by atoms with van der Waals surface area (Å²) >= 11 is 1.40. The van der Waals surface area contributed by atoms with Crippen LogP contribution >= 0.6 is 11.8 Å². The van der Waals surface area contributed by atoms with Gasteiger partial charge in [-0.15, -0.1) is 10.2 Å². The van der Waals surface area contributed by atoms with Gasteiger partial charge in [-0.25, -0.2) is 0 Å². The Morgan fingerprint density at radius 3 is 2.20 bits per heavy atom. The first kappa shape index (κ1) is 22.1. The highest BCUT2D eigenvalue weighted by Gasteiger charge is 2.19. The highest BCUT2D eigenvalue weighted by molar-refractivity contribution is 7.99. The zero-order valence-corrected chi connectivity index (χ0v) is 19.1. The van der Waals surface area contributed by atoms with Crippen LogP contribution in [-0.4, -0.2) is 26.4 Å². The number of rotatable bonds is 8. The lowest BCUT2D eigenvalue weighted by molar-refractivity contribution is -0.119. The fourth-order valence-electron chi connectivity index (χ4n) is 3.35. The van der Waals surface area contributed by atoms with Crippen LogP contribution in [-0.2, 0) is 11.8 Å². The molecule has 0 fully saturated rings. The van der Waals surface area contributed by atoms with Crippen molar-refractivity contribution in [1.82, 2.24) is 20.1 Å². The fraction of sp³-hybridized carbons (Fsp3) is 0.375. The molecule has 0 aliphatic heterocycles. The maximum absolute atomic E-state index is 12.7. The zero-order valence-electron chi connectivity index (χ0n) is 18.3. The predicted molar refractivity (Wildman–Crippen MR) is 123 cm³/mol. The third kappa shape index (κ3) is 5.30. The molecule has 0 aliphatic rings. The molecule has 5 nitrogen and oxygen atoms in total. The molecule has 6 heteroatoms. The highest BCUT2D eigenvalue weighted by Crippen LogP contribution is 2.25. The van der Waals surface area contributed by atoms with Crippen molar-refractivity contribution in [3.63, 3.8) is 0 Å². The molecule has 1 aromatic heterocycles. The summed E-state index contributed by atoms with van der Waals surface area (Å²) in [5, 5.41) is 12.5. The molecule has 0 radical (unpaired) electrons. The average Bonchev–Trinajstić information content (AvgIpc) is 3.11. The van der Waals surface area contributed by atoms with E-state index in [2.05, 4.69) is 67.5 Å². The molecule has 1 amide bonds. The van der Waals surface area contributed by atoms with E-state index in [-0.39, 0.29) is 11.9 Å². The quantitative estimate of drug-likeness (QED) is 0.506. The van der Waals surface area contributed by atoms with Gasteiger partial charge in [0, 0.05) is 12.6 Å². The molecule has 2 aromatic carbocycles.